The molecule has 0 aliphatic carbocycles. The molecule has 0 fully saturated rings. The Morgan fingerprint density at radius 2 is 2.11 bits per heavy atom. The monoisotopic (exact) mass is 254 g/mol. The fraction of sp³-hybridized carbons (Fsp3) is 0.312. The second kappa shape index (κ2) is 5.62. The van der Waals surface area contributed by atoms with Crippen LogP contribution in [0.1, 0.15) is 29.7 Å². The minimum atomic E-state index is 0.758. The van der Waals surface area contributed by atoms with Gasteiger partial charge in [0.25, 0.3) is 0 Å². The molecule has 0 aliphatic heterocycles. The Balaban J connectivity index is 2.38. The van der Waals surface area contributed by atoms with Crippen LogP contribution in [0.15, 0.2) is 24.3 Å². The minimum Gasteiger partial charge on any atom is -0.497 e. The molecule has 0 saturated heterocycles. The van der Waals surface area contributed by atoms with Gasteiger partial charge in [0.05, 0.1) is 19.3 Å². The van der Waals surface area contributed by atoms with Crippen LogP contribution in [0, 0.1) is 25.7 Å². The summed E-state index contributed by atoms with van der Waals surface area (Å²) in [6, 6.07) is 8.07. The van der Waals surface area contributed by atoms with E-state index in [1.54, 1.807) is 7.11 Å². The summed E-state index contributed by atoms with van der Waals surface area (Å²) in [6.07, 6.45) is 0. The van der Waals surface area contributed by atoms with E-state index in [0.717, 1.165) is 29.5 Å². The van der Waals surface area contributed by atoms with Gasteiger partial charge in [0, 0.05) is 5.69 Å². The quantitative estimate of drug-likeness (QED) is 0.787. The van der Waals surface area contributed by atoms with Crippen LogP contribution in [0.3, 0.4) is 0 Å². The molecule has 0 aliphatic rings. The number of hydrogen-bond acceptors (Lipinski definition) is 2. The first-order chi connectivity index (χ1) is 9.15. The highest BCUT2D eigenvalue weighted by Gasteiger charge is 2.09. The van der Waals surface area contributed by atoms with Gasteiger partial charge in [-0.25, -0.2) is 4.98 Å². The van der Waals surface area contributed by atoms with E-state index < -0.39 is 0 Å². The van der Waals surface area contributed by atoms with E-state index in [-0.39, 0.29) is 0 Å². The van der Waals surface area contributed by atoms with Crippen molar-refractivity contribution in [3.8, 4) is 17.6 Å². The Morgan fingerprint density at radius 1 is 1.32 bits per heavy atom. The number of aryl methyl sites for hydroxylation is 1. The molecule has 2 rings (SSSR count). The lowest BCUT2D eigenvalue weighted by atomic mass is 10.2. The van der Waals surface area contributed by atoms with E-state index in [0.29, 0.717) is 0 Å². The highest BCUT2D eigenvalue weighted by Crippen LogP contribution is 2.17. The molecule has 3 heteroatoms. The Labute approximate surface area is 114 Å². The SMILES string of the molecule is CC#Cc1nc(C)c(C)n1Cc1cccc(OC)c1. The lowest BCUT2D eigenvalue weighted by Crippen LogP contribution is -2.05. The number of ether oxygens (including phenoxy) is 1. The maximum Gasteiger partial charge on any atom is 0.186 e. The molecule has 98 valence electrons. The van der Waals surface area contributed by atoms with Crippen LogP contribution in [0.25, 0.3) is 0 Å². The number of rotatable bonds is 3. The van der Waals surface area contributed by atoms with Crippen molar-refractivity contribution >= 4 is 0 Å². The van der Waals surface area contributed by atoms with Gasteiger partial charge in [-0.15, -0.1) is 0 Å². The van der Waals surface area contributed by atoms with Crippen LogP contribution >= 0.6 is 0 Å². The first-order valence-electron chi connectivity index (χ1n) is 6.25. The number of aromatic nitrogens is 2. The van der Waals surface area contributed by atoms with Crippen molar-refractivity contribution in [3.63, 3.8) is 0 Å². The molecule has 0 radical (unpaired) electrons. The maximum absolute atomic E-state index is 5.25. The molecular weight excluding hydrogens is 236 g/mol. The van der Waals surface area contributed by atoms with Gasteiger partial charge >= 0.3 is 0 Å². The molecular formula is C16H18N2O. The van der Waals surface area contributed by atoms with Gasteiger partial charge in [0.1, 0.15) is 5.75 Å². The van der Waals surface area contributed by atoms with E-state index in [1.165, 1.54) is 5.56 Å². The third kappa shape index (κ3) is 2.79. The third-order valence-corrected chi connectivity index (χ3v) is 3.17. The molecule has 1 aromatic carbocycles. The van der Waals surface area contributed by atoms with Crippen molar-refractivity contribution in [2.45, 2.75) is 27.3 Å². The third-order valence-electron chi connectivity index (χ3n) is 3.17. The van der Waals surface area contributed by atoms with Crippen molar-refractivity contribution in [1.29, 1.82) is 0 Å². The lowest BCUT2D eigenvalue weighted by Gasteiger charge is -2.09. The second-order valence-electron chi connectivity index (χ2n) is 4.42. The second-order valence-corrected chi connectivity index (χ2v) is 4.42. The van der Waals surface area contributed by atoms with Gasteiger partial charge in [-0.05, 0) is 44.4 Å². The summed E-state index contributed by atoms with van der Waals surface area (Å²) in [5.74, 6) is 7.66. The van der Waals surface area contributed by atoms with E-state index in [2.05, 4.69) is 34.4 Å². The van der Waals surface area contributed by atoms with Gasteiger partial charge in [0.15, 0.2) is 5.82 Å². The first-order valence-corrected chi connectivity index (χ1v) is 6.25. The predicted octanol–water partition coefficient (Wildman–Crippen LogP) is 2.93. The van der Waals surface area contributed by atoms with E-state index in [1.807, 2.05) is 32.0 Å². The van der Waals surface area contributed by atoms with Gasteiger partial charge in [-0.1, -0.05) is 18.1 Å². The van der Waals surface area contributed by atoms with Crippen molar-refractivity contribution in [3.05, 3.63) is 47.0 Å². The fourth-order valence-corrected chi connectivity index (χ4v) is 2.01. The van der Waals surface area contributed by atoms with Gasteiger partial charge in [-0.2, -0.15) is 0 Å². The van der Waals surface area contributed by atoms with Crippen LogP contribution in [-0.2, 0) is 6.54 Å². The van der Waals surface area contributed by atoms with Crippen molar-refractivity contribution in [1.82, 2.24) is 9.55 Å². The van der Waals surface area contributed by atoms with E-state index >= 15 is 0 Å². The van der Waals surface area contributed by atoms with E-state index in [4.69, 9.17) is 4.74 Å². The molecule has 0 atom stereocenters. The molecule has 1 heterocycles. The summed E-state index contributed by atoms with van der Waals surface area (Å²) in [4.78, 5) is 4.50. The maximum atomic E-state index is 5.25. The van der Waals surface area contributed by atoms with Crippen molar-refractivity contribution in [2.24, 2.45) is 0 Å². The molecule has 2 aromatic rings. The molecule has 19 heavy (non-hydrogen) atoms. The Hall–Kier alpha value is -2.21. The van der Waals surface area contributed by atoms with E-state index in [9.17, 15) is 0 Å². The van der Waals surface area contributed by atoms with Crippen LogP contribution in [0.2, 0.25) is 0 Å². The molecule has 0 bridgehead atoms. The summed E-state index contributed by atoms with van der Waals surface area (Å²) < 4.78 is 7.39. The van der Waals surface area contributed by atoms with Crippen molar-refractivity contribution < 1.29 is 4.74 Å². The molecule has 0 N–H and O–H groups in total. The molecule has 0 spiro atoms. The molecule has 3 nitrogen and oxygen atoms in total. The highest BCUT2D eigenvalue weighted by atomic mass is 16.5. The largest absolute Gasteiger partial charge is 0.497 e. The zero-order chi connectivity index (χ0) is 13.8. The molecule has 0 amide bonds. The zero-order valence-electron chi connectivity index (χ0n) is 11.8. The number of methoxy groups -OCH3 is 1. The number of hydrogen-bond donors (Lipinski definition) is 0. The van der Waals surface area contributed by atoms with Crippen molar-refractivity contribution in [2.75, 3.05) is 7.11 Å². The Morgan fingerprint density at radius 3 is 2.79 bits per heavy atom. The van der Waals surface area contributed by atoms with Crippen LogP contribution in [-0.4, -0.2) is 16.7 Å². The zero-order valence-corrected chi connectivity index (χ0v) is 11.8. The van der Waals surface area contributed by atoms with Crippen LogP contribution in [0.4, 0.5) is 0 Å². The Kier molecular flexibility index (Phi) is 3.91. The average Bonchev–Trinajstić information content (AvgIpc) is 2.67. The summed E-state index contributed by atoms with van der Waals surface area (Å²) in [7, 11) is 1.68. The van der Waals surface area contributed by atoms with Crippen LogP contribution in [0.5, 0.6) is 5.75 Å². The molecule has 1 aromatic heterocycles. The lowest BCUT2D eigenvalue weighted by molar-refractivity contribution is 0.414. The fourth-order valence-electron chi connectivity index (χ4n) is 2.01. The molecule has 0 unspecified atom stereocenters. The topological polar surface area (TPSA) is 27.1 Å². The summed E-state index contributed by atoms with van der Waals surface area (Å²) in [5, 5.41) is 0. The van der Waals surface area contributed by atoms with Crippen LogP contribution < -0.4 is 4.74 Å². The van der Waals surface area contributed by atoms with Gasteiger partial charge in [0.2, 0.25) is 0 Å². The summed E-state index contributed by atoms with van der Waals surface area (Å²) in [5.41, 5.74) is 3.36. The average molecular weight is 254 g/mol. The summed E-state index contributed by atoms with van der Waals surface area (Å²) in [6.45, 7) is 6.67. The highest BCUT2D eigenvalue weighted by molar-refractivity contribution is 5.32. The number of nitrogens with zero attached hydrogens (tertiary/aromatic N) is 2. The molecule has 0 saturated carbocycles. The predicted molar refractivity (Wildman–Crippen MR) is 76.3 cm³/mol. The smallest absolute Gasteiger partial charge is 0.186 e. The standard InChI is InChI=1S/C16H18N2O/c1-5-7-16-17-12(2)13(3)18(16)11-14-8-6-9-15(10-14)19-4/h6,8-10H,11H2,1-4H3. The van der Waals surface area contributed by atoms with Gasteiger partial charge in [-0.3, -0.25) is 0 Å². The first kappa shape index (κ1) is 13.2. The van der Waals surface area contributed by atoms with Gasteiger partial charge < -0.3 is 9.30 Å². The number of imidazole rings is 1. The Bertz CT molecular complexity index is 644. The normalized spacial score (nSPS) is 9.89. The minimum absolute atomic E-state index is 0.758. The number of benzene rings is 1. The summed E-state index contributed by atoms with van der Waals surface area (Å²) >= 11 is 0.